The lowest BCUT2D eigenvalue weighted by molar-refractivity contribution is -0.0439. The first-order chi connectivity index (χ1) is 7.75. The molecule has 86 valence electrons. The van der Waals surface area contributed by atoms with Gasteiger partial charge in [-0.3, -0.25) is 5.10 Å². The van der Waals surface area contributed by atoms with E-state index in [2.05, 4.69) is 14.8 Å². The number of H-pyrrole nitrogens is 1. The molecular weight excluding hydrogens is 218 g/mol. The zero-order valence-electron chi connectivity index (χ0n) is 9.35. The van der Waals surface area contributed by atoms with Crippen molar-refractivity contribution in [3.63, 3.8) is 0 Å². The summed E-state index contributed by atoms with van der Waals surface area (Å²) >= 11 is 5.37. The molecule has 0 aliphatic heterocycles. The van der Waals surface area contributed by atoms with Gasteiger partial charge in [-0.1, -0.05) is 0 Å². The van der Waals surface area contributed by atoms with Gasteiger partial charge in [-0.05, 0) is 68.5 Å². The van der Waals surface area contributed by atoms with Gasteiger partial charge in [0.1, 0.15) is 6.33 Å². The van der Waals surface area contributed by atoms with Crippen LogP contribution in [-0.2, 0) is 5.54 Å². The molecule has 4 bridgehead atoms. The Labute approximate surface area is 100 Å². The third-order valence-corrected chi connectivity index (χ3v) is 5.36. The van der Waals surface area contributed by atoms with Gasteiger partial charge in [0.15, 0.2) is 4.77 Å². The predicted molar refractivity (Wildman–Crippen MR) is 63.6 cm³/mol. The van der Waals surface area contributed by atoms with Crippen molar-refractivity contribution in [3.8, 4) is 0 Å². The first-order valence-corrected chi connectivity index (χ1v) is 6.78. The summed E-state index contributed by atoms with van der Waals surface area (Å²) in [7, 11) is 0. The van der Waals surface area contributed by atoms with Crippen LogP contribution in [0, 0.1) is 22.5 Å². The fraction of sp³-hybridized carbons (Fsp3) is 0.833. The van der Waals surface area contributed by atoms with Crippen LogP contribution in [0.25, 0.3) is 0 Å². The molecule has 0 atom stereocenters. The van der Waals surface area contributed by atoms with E-state index in [9.17, 15) is 0 Å². The number of rotatable bonds is 1. The van der Waals surface area contributed by atoms with Gasteiger partial charge in [0.25, 0.3) is 0 Å². The Balaban J connectivity index is 1.82. The zero-order chi connectivity index (χ0) is 10.8. The minimum atomic E-state index is 0.332. The molecule has 16 heavy (non-hydrogen) atoms. The number of nitrogens with zero attached hydrogens (tertiary/aromatic N) is 2. The van der Waals surface area contributed by atoms with Crippen LogP contribution in [0.3, 0.4) is 0 Å². The first-order valence-electron chi connectivity index (χ1n) is 6.38. The van der Waals surface area contributed by atoms with Crippen LogP contribution < -0.4 is 0 Å². The lowest BCUT2D eigenvalue weighted by Crippen LogP contribution is -2.51. The molecule has 1 aromatic heterocycles. The van der Waals surface area contributed by atoms with E-state index in [0.29, 0.717) is 5.54 Å². The van der Waals surface area contributed by atoms with E-state index in [1.807, 2.05) is 6.33 Å². The predicted octanol–water partition coefficient (Wildman–Crippen LogP) is 2.87. The molecule has 1 heterocycles. The number of aromatic amines is 1. The van der Waals surface area contributed by atoms with E-state index in [-0.39, 0.29) is 0 Å². The molecule has 1 N–H and O–H groups in total. The van der Waals surface area contributed by atoms with Crippen molar-refractivity contribution >= 4 is 12.2 Å². The molecule has 1 aromatic rings. The highest BCUT2D eigenvalue weighted by Gasteiger charge is 2.52. The van der Waals surface area contributed by atoms with E-state index in [4.69, 9.17) is 12.2 Å². The molecule has 0 radical (unpaired) electrons. The number of nitrogens with one attached hydrogen (secondary N) is 1. The summed E-state index contributed by atoms with van der Waals surface area (Å²) in [5, 5.41) is 7.03. The zero-order valence-corrected chi connectivity index (χ0v) is 10.2. The summed E-state index contributed by atoms with van der Waals surface area (Å²) in [6.45, 7) is 0. The number of hydrogen-bond acceptors (Lipinski definition) is 2. The molecule has 0 saturated heterocycles. The summed E-state index contributed by atoms with van der Waals surface area (Å²) < 4.78 is 3.09. The van der Waals surface area contributed by atoms with Gasteiger partial charge in [-0.25, -0.2) is 0 Å². The highest BCUT2D eigenvalue weighted by atomic mass is 32.1. The maximum Gasteiger partial charge on any atom is 0.195 e. The summed E-state index contributed by atoms with van der Waals surface area (Å²) in [6.07, 6.45) is 10.4. The van der Waals surface area contributed by atoms with Gasteiger partial charge >= 0.3 is 0 Å². The topological polar surface area (TPSA) is 33.6 Å². The number of hydrogen-bond donors (Lipinski definition) is 1. The van der Waals surface area contributed by atoms with E-state index in [1.165, 1.54) is 38.5 Å². The Bertz CT molecular complexity index is 437. The quantitative estimate of drug-likeness (QED) is 0.759. The van der Waals surface area contributed by atoms with E-state index in [1.54, 1.807) is 0 Å². The first kappa shape index (κ1) is 9.40. The summed E-state index contributed by atoms with van der Waals surface area (Å²) in [6, 6.07) is 0. The second-order valence-electron chi connectivity index (χ2n) is 6.17. The molecule has 4 aliphatic rings. The average Bonchev–Trinajstić information content (AvgIpc) is 2.62. The summed E-state index contributed by atoms with van der Waals surface area (Å²) in [4.78, 5) is 0. The van der Waals surface area contributed by atoms with Crippen molar-refractivity contribution in [1.82, 2.24) is 14.8 Å². The maximum absolute atomic E-state index is 5.37. The molecular formula is C12H17N3S. The highest BCUT2D eigenvalue weighted by Crippen LogP contribution is 2.58. The van der Waals surface area contributed by atoms with Crippen LogP contribution in [-0.4, -0.2) is 14.8 Å². The van der Waals surface area contributed by atoms with Crippen LogP contribution in [0.4, 0.5) is 0 Å². The molecule has 4 aliphatic carbocycles. The van der Waals surface area contributed by atoms with Crippen molar-refractivity contribution in [1.29, 1.82) is 0 Å². The second kappa shape index (κ2) is 2.97. The minimum absolute atomic E-state index is 0.332. The standard InChI is InChI=1S/C12H17N3S/c16-11-14-13-7-15(11)12-4-8-1-9(5-12)3-10(2-8)6-12/h7-10H,1-6H2,(H,14,16). The monoisotopic (exact) mass is 235 g/mol. The molecule has 4 saturated carbocycles. The van der Waals surface area contributed by atoms with Crippen LogP contribution >= 0.6 is 12.2 Å². The molecule has 0 amide bonds. The van der Waals surface area contributed by atoms with Crippen molar-refractivity contribution < 1.29 is 0 Å². The normalized spacial score (nSPS) is 45.1. The highest BCUT2D eigenvalue weighted by molar-refractivity contribution is 7.71. The summed E-state index contributed by atoms with van der Waals surface area (Å²) in [5.74, 6) is 2.88. The van der Waals surface area contributed by atoms with E-state index in [0.717, 1.165) is 22.5 Å². The molecule has 3 nitrogen and oxygen atoms in total. The largest absolute Gasteiger partial charge is 0.301 e. The average molecular weight is 235 g/mol. The third kappa shape index (κ3) is 1.14. The van der Waals surface area contributed by atoms with Crippen LogP contribution in [0.15, 0.2) is 6.33 Å². The van der Waals surface area contributed by atoms with Gasteiger partial charge in [-0.2, -0.15) is 5.10 Å². The Kier molecular flexibility index (Phi) is 1.75. The Morgan fingerprint density at radius 2 is 1.75 bits per heavy atom. The molecule has 0 aromatic carbocycles. The summed E-state index contributed by atoms with van der Waals surface area (Å²) in [5.41, 5.74) is 0.332. The smallest absolute Gasteiger partial charge is 0.195 e. The van der Waals surface area contributed by atoms with Gasteiger partial charge < -0.3 is 4.57 Å². The fourth-order valence-electron chi connectivity index (χ4n) is 4.95. The van der Waals surface area contributed by atoms with Crippen molar-refractivity contribution in [2.75, 3.05) is 0 Å². The van der Waals surface area contributed by atoms with Crippen molar-refractivity contribution in [3.05, 3.63) is 11.1 Å². The van der Waals surface area contributed by atoms with Crippen molar-refractivity contribution in [2.24, 2.45) is 17.8 Å². The molecule has 4 fully saturated rings. The van der Waals surface area contributed by atoms with Gasteiger partial charge in [0.05, 0.1) is 0 Å². The van der Waals surface area contributed by atoms with Gasteiger partial charge in [0, 0.05) is 5.54 Å². The lowest BCUT2D eigenvalue weighted by Gasteiger charge is -2.56. The molecule has 5 rings (SSSR count). The van der Waals surface area contributed by atoms with Gasteiger partial charge in [0.2, 0.25) is 0 Å². The van der Waals surface area contributed by atoms with E-state index < -0.39 is 0 Å². The van der Waals surface area contributed by atoms with Crippen LogP contribution in [0.5, 0.6) is 0 Å². The lowest BCUT2D eigenvalue weighted by atomic mass is 9.53. The van der Waals surface area contributed by atoms with Crippen LogP contribution in [0.1, 0.15) is 38.5 Å². The SMILES string of the molecule is S=c1[nH]ncn1C12CC3CC(CC(C3)C1)C2. The molecule has 0 unspecified atom stereocenters. The minimum Gasteiger partial charge on any atom is -0.301 e. The second-order valence-corrected chi connectivity index (χ2v) is 6.56. The van der Waals surface area contributed by atoms with Crippen molar-refractivity contribution in [2.45, 2.75) is 44.1 Å². The Morgan fingerprint density at radius 3 is 2.19 bits per heavy atom. The maximum atomic E-state index is 5.37. The van der Waals surface area contributed by atoms with Crippen LogP contribution in [0.2, 0.25) is 0 Å². The fourth-order valence-corrected chi connectivity index (χ4v) is 5.24. The van der Waals surface area contributed by atoms with Gasteiger partial charge in [-0.15, -0.1) is 0 Å². The third-order valence-electron chi connectivity index (χ3n) is 5.07. The Hall–Kier alpha value is -0.640. The molecule has 0 spiro atoms. The molecule has 4 heteroatoms. The van der Waals surface area contributed by atoms with E-state index >= 15 is 0 Å². The Morgan fingerprint density at radius 1 is 1.19 bits per heavy atom. The number of aromatic nitrogens is 3.